The molecule has 0 aliphatic carbocycles. The summed E-state index contributed by atoms with van der Waals surface area (Å²) in [5.41, 5.74) is 9.09. The Bertz CT molecular complexity index is 843. The Morgan fingerprint density at radius 1 is 0.586 bits per heavy atom. The molecule has 0 saturated carbocycles. The van der Waals surface area contributed by atoms with E-state index in [1.807, 2.05) is 0 Å². The Labute approximate surface area is 177 Å². The summed E-state index contributed by atoms with van der Waals surface area (Å²) in [4.78, 5) is 0. The molecule has 0 bridgehead atoms. The highest BCUT2D eigenvalue weighted by molar-refractivity contribution is 5.69. The van der Waals surface area contributed by atoms with Crippen LogP contribution < -0.4 is 0 Å². The van der Waals surface area contributed by atoms with E-state index in [2.05, 4.69) is 109 Å². The molecule has 0 spiro atoms. The van der Waals surface area contributed by atoms with Crippen LogP contribution in [0.4, 0.5) is 0 Å². The number of hydrogen-bond acceptors (Lipinski definition) is 1. The van der Waals surface area contributed by atoms with Crippen LogP contribution in [0.15, 0.2) is 48.7 Å². The smallest absolute Gasteiger partial charge is 0.0933 e. The Balaban J connectivity index is 2.23. The molecule has 1 heterocycles. The van der Waals surface area contributed by atoms with Crippen molar-refractivity contribution in [3.8, 4) is 16.9 Å². The molecule has 0 fully saturated rings. The molecule has 2 heteroatoms. The van der Waals surface area contributed by atoms with E-state index in [1.165, 1.54) is 33.5 Å². The number of hydrogen-bond donors (Lipinski definition) is 0. The maximum absolute atomic E-state index is 5.14. The van der Waals surface area contributed by atoms with Gasteiger partial charge in [0.2, 0.25) is 0 Å². The van der Waals surface area contributed by atoms with Crippen molar-refractivity contribution in [1.82, 2.24) is 9.78 Å². The van der Waals surface area contributed by atoms with Gasteiger partial charge in [0.1, 0.15) is 0 Å². The van der Waals surface area contributed by atoms with Gasteiger partial charge in [-0.25, -0.2) is 4.68 Å². The van der Waals surface area contributed by atoms with Gasteiger partial charge in [-0.2, -0.15) is 5.10 Å². The van der Waals surface area contributed by atoms with Crippen molar-refractivity contribution in [2.45, 2.75) is 79.1 Å². The highest BCUT2D eigenvalue weighted by atomic mass is 15.3. The van der Waals surface area contributed by atoms with Crippen LogP contribution in [0.3, 0.4) is 0 Å². The van der Waals surface area contributed by atoms with Crippen molar-refractivity contribution >= 4 is 0 Å². The Morgan fingerprint density at radius 3 is 1.41 bits per heavy atom. The maximum Gasteiger partial charge on any atom is 0.0933 e. The maximum atomic E-state index is 5.14. The highest BCUT2D eigenvalue weighted by Gasteiger charge is 2.20. The third-order valence-corrected chi connectivity index (χ3v) is 5.79. The number of aromatic nitrogens is 2. The van der Waals surface area contributed by atoms with E-state index < -0.39 is 0 Å². The van der Waals surface area contributed by atoms with Crippen LogP contribution >= 0.6 is 0 Å². The fourth-order valence-corrected chi connectivity index (χ4v) is 4.20. The fourth-order valence-electron chi connectivity index (χ4n) is 4.20. The van der Waals surface area contributed by atoms with E-state index in [1.54, 1.807) is 0 Å². The summed E-state index contributed by atoms with van der Waals surface area (Å²) < 4.78 is 2.11. The summed E-state index contributed by atoms with van der Waals surface area (Å²) in [6.45, 7) is 18.1. The van der Waals surface area contributed by atoms with Gasteiger partial charge in [-0.15, -0.1) is 0 Å². The Kier molecular flexibility index (Phi) is 6.31. The van der Waals surface area contributed by atoms with Crippen molar-refractivity contribution in [2.75, 3.05) is 0 Å². The molecule has 29 heavy (non-hydrogen) atoms. The van der Waals surface area contributed by atoms with Gasteiger partial charge in [-0.05, 0) is 52.0 Å². The lowest BCUT2D eigenvalue weighted by atomic mass is 9.87. The summed E-state index contributed by atoms with van der Waals surface area (Å²) >= 11 is 0. The highest BCUT2D eigenvalue weighted by Crippen LogP contribution is 2.36. The normalized spacial score (nSPS) is 12.0. The zero-order valence-corrected chi connectivity index (χ0v) is 19.3. The van der Waals surface area contributed by atoms with Crippen LogP contribution in [-0.2, 0) is 0 Å². The quantitative estimate of drug-likeness (QED) is 0.418. The third-order valence-electron chi connectivity index (χ3n) is 5.79. The molecule has 3 aromatic rings. The summed E-state index contributed by atoms with van der Waals surface area (Å²) in [7, 11) is 0. The largest absolute Gasteiger partial charge is 0.240 e. The van der Waals surface area contributed by atoms with Gasteiger partial charge in [0.05, 0.1) is 11.4 Å². The lowest BCUT2D eigenvalue weighted by Crippen LogP contribution is -2.08. The zero-order valence-electron chi connectivity index (χ0n) is 19.3. The van der Waals surface area contributed by atoms with Crippen molar-refractivity contribution in [3.05, 3.63) is 70.9 Å². The fraction of sp³-hybridized carbons (Fsp3) is 0.444. The third kappa shape index (κ3) is 4.17. The lowest BCUT2D eigenvalue weighted by molar-refractivity contribution is 0.770. The molecule has 0 amide bonds. The first-order chi connectivity index (χ1) is 13.7. The molecule has 2 nitrogen and oxygen atoms in total. The summed E-state index contributed by atoms with van der Waals surface area (Å²) in [5, 5.41) is 5.14. The molecule has 0 aliphatic heterocycles. The predicted molar refractivity (Wildman–Crippen MR) is 125 cm³/mol. The number of rotatable bonds is 6. The topological polar surface area (TPSA) is 17.8 Å². The zero-order chi connectivity index (χ0) is 21.3. The van der Waals surface area contributed by atoms with Gasteiger partial charge in [0.15, 0.2) is 0 Å². The summed E-state index contributed by atoms with van der Waals surface area (Å²) in [6.07, 6.45) is 2.14. The van der Waals surface area contributed by atoms with Gasteiger partial charge in [0, 0.05) is 11.8 Å². The number of benzene rings is 2. The molecule has 0 radical (unpaired) electrons. The molecule has 154 valence electrons. The molecular formula is C27H36N2. The van der Waals surface area contributed by atoms with E-state index in [0.717, 1.165) is 5.69 Å². The van der Waals surface area contributed by atoms with Gasteiger partial charge in [-0.3, -0.25) is 0 Å². The van der Waals surface area contributed by atoms with Crippen molar-refractivity contribution in [1.29, 1.82) is 0 Å². The first-order valence-electron chi connectivity index (χ1n) is 11.0. The van der Waals surface area contributed by atoms with Crippen LogP contribution in [0, 0.1) is 0 Å². The van der Waals surface area contributed by atoms with Crippen LogP contribution in [0.2, 0.25) is 0 Å². The summed E-state index contributed by atoms with van der Waals surface area (Å²) in [5.74, 6) is 1.82. The van der Waals surface area contributed by atoms with Gasteiger partial charge in [-0.1, -0.05) is 91.8 Å². The van der Waals surface area contributed by atoms with Crippen molar-refractivity contribution in [3.63, 3.8) is 0 Å². The lowest BCUT2D eigenvalue weighted by Gasteiger charge is -2.20. The average Bonchev–Trinajstić information content (AvgIpc) is 3.15. The molecule has 0 aliphatic rings. The monoisotopic (exact) mass is 388 g/mol. The van der Waals surface area contributed by atoms with Crippen molar-refractivity contribution < 1.29 is 0 Å². The SMILES string of the molecule is CC(C)c1cccc(C(C)C)c1-c1ccn(-c2c(C(C)C)cccc2C(C)C)n1. The predicted octanol–water partition coefficient (Wildman–Crippen LogP) is 8.03. The molecule has 0 N–H and O–H groups in total. The van der Waals surface area contributed by atoms with Crippen LogP contribution in [-0.4, -0.2) is 9.78 Å². The molecule has 2 aromatic carbocycles. The molecule has 3 rings (SSSR count). The van der Waals surface area contributed by atoms with Crippen molar-refractivity contribution in [2.24, 2.45) is 0 Å². The summed E-state index contributed by atoms with van der Waals surface area (Å²) in [6, 6.07) is 15.6. The van der Waals surface area contributed by atoms with Gasteiger partial charge >= 0.3 is 0 Å². The molecular weight excluding hydrogens is 352 g/mol. The first-order valence-corrected chi connectivity index (χ1v) is 11.0. The average molecular weight is 389 g/mol. The molecule has 0 unspecified atom stereocenters. The van der Waals surface area contributed by atoms with Crippen LogP contribution in [0.25, 0.3) is 16.9 Å². The second-order valence-electron chi connectivity index (χ2n) is 9.36. The van der Waals surface area contributed by atoms with E-state index >= 15 is 0 Å². The van der Waals surface area contributed by atoms with Gasteiger partial charge < -0.3 is 0 Å². The van der Waals surface area contributed by atoms with E-state index in [4.69, 9.17) is 5.10 Å². The van der Waals surface area contributed by atoms with E-state index in [0.29, 0.717) is 23.7 Å². The van der Waals surface area contributed by atoms with Crippen LogP contribution in [0.5, 0.6) is 0 Å². The van der Waals surface area contributed by atoms with Crippen LogP contribution in [0.1, 0.15) is 101 Å². The minimum absolute atomic E-state index is 0.450. The first kappa shape index (κ1) is 21.4. The molecule has 0 atom stereocenters. The Morgan fingerprint density at radius 2 is 1.00 bits per heavy atom. The number of para-hydroxylation sites is 1. The standard InChI is InChI=1S/C27H36N2/c1-17(2)21-11-9-12-22(18(3)4)26(21)25-15-16-29(28-25)27-23(19(5)6)13-10-14-24(27)20(7)8/h9-20H,1-8H3. The second kappa shape index (κ2) is 8.57. The molecule has 1 aromatic heterocycles. The van der Waals surface area contributed by atoms with E-state index in [-0.39, 0.29) is 0 Å². The molecule has 0 saturated heterocycles. The minimum Gasteiger partial charge on any atom is -0.240 e. The van der Waals surface area contributed by atoms with E-state index in [9.17, 15) is 0 Å². The number of nitrogens with zero attached hydrogens (tertiary/aromatic N) is 2. The second-order valence-corrected chi connectivity index (χ2v) is 9.36. The van der Waals surface area contributed by atoms with Gasteiger partial charge in [0.25, 0.3) is 0 Å². The minimum atomic E-state index is 0.450. The Hall–Kier alpha value is -2.35.